The van der Waals surface area contributed by atoms with Crippen molar-refractivity contribution in [3.8, 4) is 0 Å². The third kappa shape index (κ3) is 3.31. The van der Waals surface area contributed by atoms with E-state index in [4.69, 9.17) is 5.11 Å². The maximum atomic E-state index is 12.2. The van der Waals surface area contributed by atoms with Crippen LogP contribution in [0.2, 0.25) is 0 Å². The van der Waals surface area contributed by atoms with Crippen LogP contribution in [0.3, 0.4) is 0 Å². The summed E-state index contributed by atoms with van der Waals surface area (Å²) in [6.07, 6.45) is 0.444. The summed E-state index contributed by atoms with van der Waals surface area (Å²) < 4.78 is 0. The van der Waals surface area contributed by atoms with Crippen molar-refractivity contribution in [2.24, 2.45) is 0 Å². The van der Waals surface area contributed by atoms with Gasteiger partial charge in [0.15, 0.2) is 0 Å². The standard InChI is InChI=1S/C19H19NO4/c21-17(10-9-12-5-1-4-8-15(12)19(23)24)20-16-11-13-6-2-3-7-14(13)18(16)22/h1-8,16,18,22H,9-11H2,(H,20,21)(H,23,24)/t16-,18-/m0/s1. The molecule has 124 valence electrons. The summed E-state index contributed by atoms with van der Waals surface area (Å²) in [5, 5.41) is 22.3. The number of amides is 1. The number of carbonyl (C=O) groups excluding carboxylic acids is 1. The van der Waals surface area contributed by atoms with Crippen LogP contribution in [-0.2, 0) is 17.6 Å². The fourth-order valence-corrected chi connectivity index (χ4v) is 3.18. The molecule has 5 nitrogen and oxygen atoms in total. The van der Waals surface area contributed by atoms with Gasteiger partial charge in [0.2, 0.25) is 5.91 Å². The number of fused-ring (bicyclic) bond motifs is 1. The molecule has 2 aromatic rings. The molecule has 1 aliphatic rings. The lowest BCUT2D eigenvalue weighted by Crippen LogP contribution is -2.37. The van der Waals surface area contributed by atoms with Crippen molar-refractivity contribution in [1.29, 1.82) is 0 Å². The van der Waals surface area contributed by atoms with Crippen LogP contribution in [0.4, 0.5) is 0 Å². The van der Waals surface area contributed by atoms with Crippen LogP contribution in [-0.4, -0.2) is 28.1 Å². The van der Waals surface area contributed by atoms with E-state index >= 15 is 0 Å². The van der Waals surface area contributed by atoms with Crippen molar-refractivity contribution >= 4 is 11.9 Å². The van der Waals surface area contributed by atoms with E-state index in [9.17, 15) is 14.7 Å². The van der Waals surface area contributed by atoms with Crippen LogP contribution in [0.1, 0.15) is 39.6 Å². The molecular formula is C19H19NO4. The number of aryl methyl sites for hydroxylation is 1. The highest BCUT2D eigenvalue weighted by Gasteiger charge is 2.31. The Balaban J connectivity index is 1.59. The molecule has 0 fully saturated rings. The maximum absolute atomic E-state index is 12.2. The SMILES string of the molecule is O=C(CCc1ccccc1C(=O)O)N[C@H]1Cc2ccccc2[C@@H]1O. The Hall–Kier alpha value is -2.66. The molecule has 0 heterocycles. The van der Waals surface area contributed by atoms with Crippen molar-refractivity contribution in [3.05, 3.63) is 70.8 Å². The molecule has 0 aliphatic heterocycles. The van der Waals surface area contributed by atoms with Crippen molar-refractivity contribution in [1.82, 2.24) is 5.32 Å². The quantitative estimate of drug-likeness (QED) is 0.785. The number of carboxylic acids is 1. The van der Waals surface area contributed by atoms with Crippen LogP contribution in [0.25, 0.3) is 0 Å². The average molecular weight is 325 g/mol. The van der Waals surface area contributed by atoms with Gasteiger partial charge in [0, 0.05) is 6.42 Å². The predicted octanol–water partition coefficient (Wildman–Crippen LogP) is 2.09. The first kappa shape index (κ1) is 16.2. The largest absolute Gasteiger partial charge is 0.478 e. The smallest absolute Gasteiger partial charge is 0.335 e. The zero-order valence-electron chi connectivity index (χ0n) is 13.1. The number of hydrogen-bond acceptors (Lipinski definition) is 3. The molecular weight excluding hydrogens is 306 g/mol. The first-order valence-electron chi connectivity index (χ1n) is 7.92. The van der Waals surface area contributed by atoms with Gasteiger partial charge in [-0.15, -0.1) is 0 Å². The highest BCUT2D eigenvalue weighted by molar-refractivity contribution is 5.89. The molecule has 1 aliphatic carbocycles. The van der Waals surface area contributed by atoms with Gasteiger partial charge in [-0.05, 0) is 35.6 Å². The Bertz CT molecular complexity index is 771. The molecule has 24 heavy (non-hydrogen) atoms. The van der Waals surface area contributed by atoms with E-state index in [0.29, 0.717) is 18.4 Å². The van der Waals surface area contributed by atoms with Crippen molar-refractivity contribution in [3.63, 3.8) is 0 Å². The van der Waals surface area contributed by atoms with Crippen molar-refractivity contribution in [2.45, 2.75) is 31.4 Å². The van der Waals surface area contributed by atoms with E-state index in [1.165, 1.54) is 6.07 Å². The van der Waals surface area contributed by atoms with E-state index in [1.54, 1.807) is 18.2 Å². The van der Waals surface area contributed by atoms with Crippen molar-refractivity contribution in [2.75, 3.05) is 0 Å². The van der Waals surface area contributed by atoms with Gasteiger partial charge in [-0.25, -0.2) is 4.79 Å². The number of aromatic carboxylic acids is 1. The average Bonchev–Trinajstić information content (AvgIpc) is 2.89. The summed E-state index contributed by atoms with van der Waals surface area (Å²) in [6.45, 7) is 0. The lowest BCUT2D eigenvalue weighted by Gasteiger charge is -2.17. The van der Waals surface area contributed by atoms with Crippen LogP contribution in [0, 0.1) is 0 Å². The highest BCUT2D eigenvalue weighted by Crippen LogP contribution is 2.31. The Kier molecular flexibility index (Phi) is 4.62. The number of nitrogens with one attached hydrogen (secondary N) is 1. The molecule has 2 atom stereocenters. The second-order valence-corrected chi connectivity index (χ2v) is 5.98. The number of benzene rings is 2. The van der Waals surface area contributed by atoms with E-state index in [1.807, 2.05) is 24.3 Å². The molecule has 0 bridgehead atoms. The van der Waals surface area contributed by atoms with Gasteiger partial charge in [0.25, 0.3) is 0 Å². The van der Waals surface area contributed by atoms with Gasteiger partial charge in [-0.1, -0.05) is 42.5 Å². The minimum atomic E-state index is -0.993. The third-order valence-corrected chi connectivity index (χ3v) is 4.41. The number of hydrogen-bond donors (Lipinski definition) is 3. The van der Waals surface area contributed by atoms with Crippen LogP contribution in [0.15, 0.2) is 48.5 Å². The number of aliphatic hydroxyl groups excluding tert-OH is 1. The lowest BCUT2D eigenvalue weighted by molar-refractivity contribution is -0.122. The first-order valence-corrected chi connectivity index (χ1v) is 7.92. The minimum absolute atomic E-state index is 0.184. The fraction of sp³-hybridized carbons (Fsp3) is 0.263. The maximum Gasteiger partial charge on any atom is 0.335 e. The molecule has 3 N–H and O–H groups in total. The number of rotatable bonds is 5. The summed E-state index contributed by atoms with van der Waals surface area (Å²) >= 11 is 0. The fourth-order valence-electron chi connectivity index (χ4n) is 3.18. The molecule has 3 rings (SSSR count). The molecule has 0 radical (unpaired) electrons. The van der Waals surface area contributed by atoms with Gasteiger partial charge >= 0.3 is 5.97 Å². The monoisotopic (exact) mass is 325 g/mol. The predicted molar refractivity (Wildman–Crippen MR) is 88.8 cm³/mol. The normalized spacial score (nSPS) is 18.9. The molecule has 1 amide bonds. The summed E-state index contributed by atoms with van der Waals surface area (Å²) in [5.74, 6) is -1.18. The van der Waals surface area contributed by atoms with Gasteiger partial charge in [-0.2, -0.15) is 0 Å². The van der Waals surface area contributed by atoms with Gasteiger partial charge in [0.05, 0.1) is 17.7 Å². The molecule has 0 saturated carbocycles. The van der Waals surface area contributed by atoms with E-state index in [2.05, 4.69) is 5.32 Å². The van der Waals surface area contributed by atoms with Gasteiger partial charge < -0.3 is 15.5 Å². The number of carbonyl (C=O) groups is 2. The van der Waals surface area contributed by atoms with Gasteiger partial charge in [0.1, 0.15) is 0 Å². The summed E-state index contributed by atoms with van der Waals surface area (Å²) in [5.41, 5.74) is 2.76. The Morgan fingerprint density at radius 1 is 1.08 bits per heavy atom. The third-order valence-electron chi connectivity index (χ3n) is 4.41. The Morgan fingerprint density at radius 3 is 2.54 bits per heavy atom. The van der Waals surface area contributed by atoms with Crippen LogP contribution >= 0.6 is 0 Å². The molecule has 2 aromatic carbocycles. The topological polar surface area (TPSA) is 86.6 Å². The zero-order chi connectivity index (χ0) is 17.1. The second kappa shape index (κ2) is 6.84. The molecule has 0 spiro atoms. The summed E-state index contributed by atoms with van der Waals surface area (Å²) in [7, 11) is 0. The number of aliphatic hydroxyl groups is 1. The zero-order valence-corrected chi connectivity index (χ0v) is 13.1. The van der Waals surface area contributed by atoms with Crippen molar-refractivity contribution < 1.29 is 19.8 Å². The lowest BCUT2D eigenvalue weighted by atomic mass is 10.0. The van der Waals surface area contributed by atoms with Gasteiger partial charge in [-0.3, -0.25) is 4.79 Å². The first-order chi connectivity index (χ1) is 11.6. The molecule has 0 saturated heterocycles. The van der Waals surface area contributed by atoms with Crippen LogP contribution in [0.5, 0.6) is 0 Å². The molecule has 0 aromatic heterocycles. The molecule has 0 unspecified atom stereocenters. The Morgan fingerprint density at radius 2 is 1.79 bits per heavy atom. The second-order valence-electron chi connectivity index (χ2n) is 5.98. The van der Waals surface area contributed by atoms with E-state index in [0.717, 1.165) is 11.1 Å². The molecule has 5 heteroatoms. The summed E-state index contributed by atoms with van der Waals surface area (Å²) in [6, 6.07) is 14.0. The number of carboxylic acid groups (broad SMARTS) is 1. The summed E-state index contributed by atoms with van der Waals surface area (Å²) in [4.78, 5) is 23.4. The minimum Gasteiger partial charge on any atom is -0.478 e. The Labute approximate surface area is 139 Å². The van der Waals surface area contributed by atoms with Crippen LogP contribution < -0.4 is 5.32 Å². The highest BCUT2D eigenvalue weighted by atomic mass is 16.4. The van der Waals surface area contributed by atoms with E-state index < -0.39 is 12.1 Å². The van der Waals surface area contributed by atoms with E-state index in [-0.39, 0.29) is 23.9 Å².